The van der Waals surface area contributed by atoms with Gasteiger partial charge in [-0.1, -0.05) is 140 Å². The molecule has 2 aromatic heterocycles. The van der Waals surface area contributed by atoms with Crippen LogP contribution in [0.3, 0.4) is 0 Å². The molecule has 5 heteroatoms. The van der Waals surface area contributed by atoms with Crippen LogP contribution in [-0.4, -0.2) is 19.5 Å². The fourth-order valence-corrected chi connectivity index (χ4v) is 7.75. The van der Waals surface area contributed by atoms with E-state index in [-0.39, 0.29) is 0 Å². The molecular formula is C47H33N5. The lowest BCUT2D eigenvalue weighted by molar-refractivity contribution is 0.878. The van der Waals surface area contributed by atoms with Crippen molar-refractivity contribution in [3.05, 3.63) is 181 Å². The molecule has 246 valence electrons. The van der Waals surface area contributed by atoms with Gasteiger partial charge in [0.1, 0.15) is 0 Å². The molecule has 5 nitrogen and oxygen atoms in total. The number of fused-ring (bicyclic) bond motifs is 7. The van der Waals surface area contributed by atoms with Gasteiger partial charge in [0.15, 0.2) is 17.5 Å². The summed E-state index contributed by atoms with van der Waals surface area (Å²) in [5.74, 6) is 1.94. The highest BCUT2D eigenvalue weighted by Gasteiger charge is 2.33. The molecule has 0 saturated carbocycles. The summed E-state index contributed by atoms with van der Waals surface area (Å²) in [4.78, 5) is 17.5. The molecule has 0 bridgehead atoms. The van der Waals surface area contributed by atoms with Crippen molar-refractivity contribution in [3.63, 3.8) is 0 Å². The van der Waals surface area contributed by atoms with Crippen molar-refractivity contribution in [2.45, 2.75) is 12.8 Å². The first kappa shape index (κ1) is 30.0. The minimum absolute atomic E-state index is 0.641. The molecule has 2 aliphatic rings. The van der Waals surface area contributed by atoms with Crippen LogP contribution in [-0.2, 0) is 6.42 Å². The van der Waals surface area contributed by atoms with E-state index < -0.39 is 0 Å². The van der Waals surface area contributed by atoms with Gasteiger partial charge in [0.25, 0.3) is 0 Å². The van der Waals surface area contributed by atoms with Crippen LogP contribution in [0.25, 0.3) is 68.3 Å². The van der Waals surface area contributed by atoms with Gasteiger partial charge in [0.2, 0.25) is 0 Å². The summed E-state index contributed by atoms with van der Waals surface area (Å²) in [5, 5.41) is 0. The number of hydrogen-bond acceptors (Lipinski definition) is 4. The molecule has 0 spiro atoms. The molecule has 0 saturated heterocycles. The third-order valence-corrected chi connectivity index (χ3v) is 10.0. The average molecular weight is 668 g/mol. The fraction of sp³-hybridized carbons (Fsp3) is 0.0426. The molecule has 0 fully saturated rings. The number of aromatic nitrogens is 4. The predicted octanol–water partition coefficient (Wildman–Crippen LogP) is 11.7. The lowest BCUT2D eigenvalue weighted by atomic mass is 9.94. The van der Waals surface area contributed by atoms with E-state index in [1.54, 1.807) is 0 Å². The predicted molar refractivity (Wildman–Crippen MR) is 212 cm³/mol. The first-order chi connectivity index (χ1) is 25.8. The van der Waals surface area contributed by atoms with E-state index in [9.17, 15) is 0 Å². The number of allylic oxidation sites excluding steroid dienone is 1. The molecule has 52 heavy (non-hydrogen) atoms. The van der Waals surface area contributed by atoms with E-state index in [1.165, 1.54) is 39.3 Å². The highest BCUT2D eigenvalue weighted by molar-refractivity contribution is 6.05. The first-order valence-corrected chi connectivity index (χ1v) is 17.8. The van der Waals surface area contributed by atoms with Crippen LogP contribution in [0, 0.1) is 0 Å². The topological polar surface area (TPSA) is 46.8 Å². The second-order valence-electron chi connectivity index (χ2n) is 13.2. The van der Waals surface area contributed by atoms with Crippen molar-refractivity contribution in [1.82, 2.24) is 19.5 Å². The van der Waals surface area contributed by atoms with Gasteiger partial charge in [-0.05, 0) is 49.2 Å². The maximum Gasteiger partial charge on any atom is 0.164 e. The van der Waals surface area contributed by atoms with E-state index >= 15 is 0 Å². The maximum absolute atomic E-state index is 5.07. The third-order valence-electron chi connectivity index (χ3n) is 10.0. The van der Waals surface area contributed by atoms with Gasteiger partial charge >= 0.3 is 0 Å². The number of para-hydroxylation sites is 3. The van der Waals surface area contributed by atoms with Crippen LogP contribution in [0.5, 0.6) is 0 Å². The van der Waals surface area contributed by atoms with Crippen LogP contribution in [0.2, 0.25) is 0 Å². The first-order valence-electron chi connectivity index (χ1n) is 17.8. The number of anilines is 3. The molecule has 0 amide bonds. The summed E-state index contributed by atoms with van der Waals surface area (Å²) < 4.78 is 2.50. The average Bonchev–Trinajstić information content (AvgIpc) is 3.51. The molecule has 0 unspecified atom stereocenters. The molecule has 0 N–H and O–H groups in total. The smallest absolute Gasteiger partial charge is 0.164 e. The lowest BCUT2D eigenvalue weighted by Gasteiger charge is -2.27. The largest absolute Gasteiger partial charge is 0.312 e. The number of rotatable bonds is 5. The number of hydrogen-bond donors (Lipinski definition) is 0. The standard InChI is InChI=1S/C47H33N5/c1-4-17-32(18-5-1)45-48-46(33-19-6-2-7-20-33)50-47(49-45)34-21-16-24-36(31-34)52-41-29-14-11-26-38(41)43-37-25-10-13-28-40(37)51(35-22-8-3-9-23-35)42-30-15-12-27-39(42)44(43)52/h1-13,15-28,30-31H,14,29H2. The fourth-order valence-electron chi connectivity index (χ4n) is 7.75. The second kappa shape index (κ2) is 12.5. The Morgan fingerprint density at radius 1 is 0.462 bits per heavy atom. The van der Waals surface area contributed by atoms with Crippen LogP contribution < -0.4 is 4.90 Å². The van der Waals surface area contributed by atoms with Gasteiger partial charge in [-0.15, -0.1) is 0 Å². The minimum atomic E-state index is 0.641. The molecule has 1 aliphatic carbocycles. The van der Waals surface area contributed by atoms with Gasteiger partial charge in [0.05, 0.1) is 17.1 Å². The van der Waals surface area contributed by atoms with Gasteiger partial charge < -0.3 is 9.47 Å². The van der Waals surface area contributed by atoms with E-state index in [1.807, 2.05) is 60.7 Å². The maximum atomic E-state index is 5.07. The number of nitrogens with zero attached hydrogens (tertiary/aromatic N) is 5. The van der Waals surface area contributed by atoms with Crippen molar-refractivity contribution in [2.75, 3.05) is 4.90 Å². The minimum Gasteiger partial charge on any atom is -0.312 e. The summed E-state index contributed by atoms with van der Waals surface area (Å²) in [5.41, 5.74) is 14.8. The zero-order chi connectivity index (χ0) is 34.4. The van der Waals surface area contributed by atoms with Crippen LogP contribution in [0.4, 0.5) is 17.1 Å². The van der Waals surface area contributed by atoms with Crippen LogP contribution in [0.1, 0.15) is 17.7 Å². The molecular weight excluding hydrogens is 635 g/mol. The van der Waals surface area contributed by atoms with E-state index in [4.69, 9.17) is 15.0 Å². The Kier molecular flexibility index (Phi) is 7.21. The van der Waals surface area contributed by atoms with Crippen molar-refractivity contribution in [1.29, 1.82) is 0 Å². The zero-order valence-electron chi connectivity index (χ0n) is 28.4. The normalized spacial score (nSPS) is 12.7. The Morgan fingerprint density at radius 3 is 1.65 bits per heavy atom. The monoisotopic (exact) mass is 667 g/mol. The Labute approximate surface area is 302 Å². The van der Waals surface area contributed by atoms with Crippen molar-refractivity contribution in [3.8, 4) is 62.2 Å². The van der Waals surface area contributed by atoms with Crippen molar-refractivity contribution < 1.29 is 0 Å². The summed E-state index contributed by atoms with van der Waals surface area (Å²) in [6.45, 7) is 0. The molecule has 10 rings (SSSR count). The van der Waals surface area contributed by atoms with Gasteiger partial charge in [-0.3, -0.25) is 0 Å². The lowest BCUT2D eigenvalue weighted by Crippen LogP contribution is -2.11. The summed E-state index contributed by atoms with van der Waals surface area (Å²) in [6, 6.07) is 57.3. The van der Waals surface area contributed by atoms with E-state index in [0.29, 0.717) is 17.5 Å². The molecule has 8 aromatic rings. The molecule has 0 atom stereocenters. The Morgan fingerprint density at radius 2 is 0.981 bits per heavy atom. The number of benzene rings is 6. The Balaban J connectivity index is 1.22. The Bertz CT molecular complexity index is 2570. The quantitative estimate of drug-likeness (QED) is 0.183. The third kappa shape index (κ3) is 4.97. The van der Waals surface area contributed by atoms with Crippen LogP contribution in [0.15, 0.2) is 170 Å². The Hall–Kier alpha value is -6.85. The summed E-state index contributed by atoms with van der Waals surface area (Å²) in [6.07, 6.45) is 6.58. The molecule has 3 heterocycles. The van der Waals surface area contributed by atoms with Crippen molar-refractivity contribution >= 4 is 23.1 Å². The van der Waals surface area contributed by atoms with E-state index in [0.717, 1.165) is 46.6 Å². The summed E-state index contributed by atoms with van der Waals surface area (Å²) >= 11 is 0. The van der Waals surface area contributed by atoms with Gasteiger partial charge in [-0.25, -0.2) is 15.0 Å². The SMILES string of the molecule is C1=Cc2c3c(n(-c4cccc(-c5nc(-c6ccccc6)nc(-c6ccccc6)n5)c4)c2CC1)-c1ccccc1N(c1ccccc1)c1ccccc1-3. The highest BCUT2D eigenvalue weighted by atomic mass is 15.2. The summed E-state index contributed by atoms with van der Waals surface area (Å²) in [7, 11) is 0. The molecule has 6 aromatic carbocycles. The molecule has 0 radical (unpaired) electrons. The van der Waals surface area contributed by atoms with Crippen LogP contribution >= 0.6 is 0 Å². The van der Waals surface area contributed by atoms with Crippen molar-refractivity contribution in [2.24, 2.45) is 0 Å². The second-order valence-corrected chi connectivity index (χ2v) is 13.2. The zero-order valence-corrected chi connectivity index (χ0v) is 28.4. The molecule has 1 aliphatic heterocycles. The van der Waals surface area contributed by atoms with Gasteiger partial charge in [-0.2, -0.15) is 0 Å². The van der Waals surface area contributed by atoms with Gasteiger partial charge in [0, 0.05) is 56.0 Å². The van der Waals surface area contributed by atoms with E-state index in [2.05, 4.69) is 125 Å². The highest BCUT2D eigenvalue weighted by Crippen LogP contribution is 2.54.